The molecule has 0 radical (unpaired) electrons. The monoisotopic (exact) mass is 252 g/mol. The van der Waals surface area contributed by atoms with Crippen LogP contribution in [0.25, 0.3) is 5.70 Å². The number of rotatable bonds is 2. The fourth-order valence-electron chi connectivity index (χ4n) is 1.93. The van der Waals surface area contributed by atoms with E-state index in [1.54, 1.807) is 11.8 Å². The second kappa shape index (κ2) is 4.93. The summed E-state index contributed by atoms with van der Waals surface area (Å²) in [5.74, 6) is 0. The van der Waals surface area contributed by atoms with E-state index < -0.39 is 0 Å². The Kier molecular flexibility index (Phi) is 3.56. The lowest BCUT2D eigenvalue weighted by Gasteiger charge is -2.19. The maximum Gasteiger partial charge on any atom is 0.0860 e. The highest BCUT2D eigenvalue weighted by atomic mass is 35.5. The predicted octanol–water partition coefficient (Wildman–Crippen LogP) is 3.30. The lowest BCUT2D eigenvalue weighted by atomic mass is 9.95. The highest BCUT2D eigenvalue weighted by molar-refractivity contribution is 8.02. The molecule has 0 spiro atoms. The molecule has 0 heterocycles. The first-order valence-electron chi connectivity index (χ1n) is 5.06. The zero-order valence-electron chi connectivity index (χ0n) is 9.03. The van der Waals surface area contributed by atoms with E-state index in [4.69, 9.17) is 17.3 Å². The third-order valence-corrected chi connectivity index (χ3v) is 3.78. The first kappa shape index (κ1) is 11.6. The largest absolute Gasteiger partial charge is 0.390 e. The number of aliphatic imine (C=N–C) groups is 1. The van der Waals surface area contributed by atoms with Crippen LogP contribution in [0.15, 0.2) is 28.1 Å². The minimum atomic E-state index is 0.780. The molecule has 0 fully saturated rings. The van der Waals surface area contributed by atoms with Gasteiger partial charge in [-0.25, -0.2) is 4.99 Å². The van der Waals surface area contributed by atoms with Crippen LogP contribution in [0.3, 0.4) is 0 Å². The number of hydrogen-bond acceptors (Lipinski definition) is 2. The maximum atomic E-state index is 5.99. The van der Waals surface area contributed by atoms with Crippen LogP contribution in [0.1, 0.15) is 17.5 Å². The van der Waals surface area contributed by atoms with Crippen LogP contribution in [0.5, 0.6) is 0 Å². The van der Waals surface area contributed by atoms with E-state index in [0.717, 1.165) is 29.1 Å². The van der Waals surface area contributed by atoms with E-state index in [0.29, 0.717) is 0 Å². The van der Waals surface area contributed by atoms with Crippen molar-refractivity contribution in [2.24, 2.45) is 10.7 Å². The minimum absolute atomic E-state index is 0.780. The van der Waals surface area contributed by atoms with Gasteiger partial charge in [0.15, 0.2) is 0 Å². The fraction of sp³-hybridized carbons (Fsp3) is 0.250. The molecule has 1 aromatic rings. The molecule has 84 valence electrons. The number of nitrogens with two attached hydrogens (primary N) is 1. The van der Waals surface area contributed by atoms with Gasteiger partial charge in [0.25, 0.3) is 0 Å². The Morgan fingerprint density at radius 2 is 2.25 bits per heavy atom. The summed E-state index contributed by atoms with van der Waals surface area (Å²) in [6.07, 6.45) is 5.47. The van der Waals surface area contributed by atoms with Crippen molar-refractivity contribution in [2.75, 3.05) is 6.26 Å². The Bertz CT molecular complexity index is 466. The van der Waals surface area contributed by atoms with Gasteiger partial charge in [-0.3, -0.25) is 0 Å². The second-order valence-corrected chi connectivity index (χ2v) is 4.89. The third-order valence-electron chi connectivity index (χ3n) is 2.66. The number of aryl methyl sites for hydroxylation is 1. The number of allylic oxidation sites excluding steroid dienone is 1. The van der Waals surface area contributed by atoms with Crippen molar-refractivity contribution in [3.8, 4) is 0 Å². The van der Waals surface area contributed by atoms with Crippen molar-refractivity contribution in [1.82, 2.24) is 0 Å². The van der Waals surface area contributed by atoms with Gasteiger partial charge >= 0.3 is 0 Å². The quantitative estimate of drug-likeness (QED) is 0.648. The molecule has 0 saturated heterocycles. The molecule has 0 atom stereocenters. The second-order valence-electron chi connectivity index (χ2n) is 3.56. The standard InChI is InChI=1S/C12H13ClN2S/c1-16-11-5-2-8-6-9(13)3-4-10(8)12(11)15-7-14/h3-4,6-7H,2,5H2,1H3,(H2,14,15). The van der Waals surface area contributed by atoms with Crippen LogP contribution in [0.4, 0.5) is 0 Å². The fourth-order valence-corrected chi connectivity index (χ4v) is 2.79. The Morgan fingerprint density at radius 1 is 1.44 bits per heavy atom. The number of benzene rings is 1. The number of fused-ring (bicyclic) bond motifs is 1. The molecule has 0 saturated carbocycles. The van der Waals surface area contributed by atoms with E-state index in [-0.39, 0.29) is 0 Å². The van der Waals surface area contributed by atoms with Crippen LogP contribution >= 0.6 is 23.4 Å². The zero-order valence-corrected chi connectivity index (χ0v) is 10.6. The lowest BCUT2D eigenvalue weighted by molar-refractivity contribution is 0.960. The van der Waals surface area contributed by atoms with Crippen LogP contribution in [0.2, 0.25) is 5.02 Å². The van der Waals surface area contributed by atoms with E-state index in [1.165, 1.54) is 16.8 Å². The Hall–Kier alpha value is -0.930. The lowest BCUT2D eigenvalue weighted by Crippen LogP contribution is -2.03. The molecule has 0 aliphatic heterocycles. The van der Waals surface area contributed by atoms with Gasteiger partial charge in [0.2, 0.25) is 0 Å². The summed E-state index contributed by atoms with van der Waals surface area (Å²) >= 11 is 7.73. The average Bonchev–Trinajstić information content (AvgIpc) is 2.29. The molecule has 2 rings (SSSR count). The molecule has 4 heteroatoms. The van der Waals surface area contributed by atoms with Gasteiger partial charge < -0.3 is 5.73 Å². The van der Waals surface area contributed by atoms with Gasteiger partial charge in [-0.15, -0.1) is 11.8 Å². The number of halogens is 1. The molecular formula is C12H13ClN2S. The molecular weight excluding hydrogens is 240 g/mol. The molecule has 1 aromatic carbocycles. The summed E-state index contributed by atoms with van der Waals surface area (Å²) in [6, 6.07) is 5.94. The van der Waals surface area contributed by atoms with Crippen LogP contribution in [0, 0.1) is 0 Å². The first-order chi connectivity index (χ1) is 7.76. The molecule has 0 aromatic heterocycles. The van der Waals surface area contributed by atoms with E-state index >= 15 is 0 Å². The van der Waals surface area contributed by atoms with Crippen molar-refractivity contribution in [2.45, 2.75) is 12.8 Å². The molecule has 0 amide bonds. The van der Waals surface area contributed by atoms with Crippen molar-refractivity contribution in [3.05, 3.63) is 39.3 Å². The molecule has 0 unspecified atom stereocenters. The number of thioether (sulfide) groups is 1. The highest BCUT2D eigenvalue weighted by Crippen LogP contribution is 2.37. The van der Waals surface area contributed by atoms with Crippen molar-refractivity contribution < 1.29 is 0 Å². The van der Waals surface area contributed by atoms with Crippen LogP contribution < -0.4 is 5.73 Å². The zero-order chi connectivity index (χ0) is 11.5. The number of nitrogens with zero attached hydrogens (tertiary/aromatic N) is 1. The highest BCUT2D eigenvalue weighted by Gasteiger charge is 2.17. The van der Waals surface area contributed by atoms with Crippen LogP contribution in [-0.2, 0) is 6.42 Å². The smallest absolute Gasteiger partial charge is 0.0860 e. The maximum absolute atomic E-state index is 5.99. The summed E-state index contributed by atoms with van der Waals surface area (Å²) in [7, 11) is 0. The van der Waals surface area contributed by atoms with Crippen LogP contribution in [-0.4, -0.2) is 12.6 Å². The predicted molar refractivity (Wildman–Crippen MR) is 72.9 cm³/mol. The Balaban J connectivity index is 2.56. The summed E-state index contributed by atoms with van der Waals surface area (Å²) in [5.41, 5.74) is 8.81. The van der Waals surface area contributed by atoms with Crippen molar-refractivity contribution in [3.63, 3.8) is 0 Å². The van der Waals surface area contributed by atoms with Gasteiger partial charge in [-0.2, -0.15) is 0 Å². The summed E-state index contributed by atoms with van der Waals surface area (Å²) in [5, 5.41) is 0.780. The minimum Gasteiger partial charge on any atom is -0.390 e. The molecule has 0 bridgehead atoms. The van der Waals surface area contributed by atoms with Gasteiger partial charge in [-0.1, -0.05) is 17.7 Å². The topological polar surface area (TPSA) is 38.4 Å². The van der Waals surface area contributed by atoms with Gasteiger partial charge in [0.1, 0.15) is 0 Å². The third kappa shape index (κ3) is 2.11. The van der Waals surface area contributed by atoms with Gasteiger partial charge in [0, 0.05) is 15.5 Å². The average molecular weight is 253 g/mol. The van der Waals surface area contributed by atoms with E-state index in [1.807, 2.05) is 18.2 Å². The summed E-state index contributed by atoms with van der Waals surface area (Å²) < 4.78 is 0. The summed E-state index contributed by atoms with van der Waals surface area (Å²) in [6.45, 7) is 0. The normalized spacial score (nSPS) is 15.6. The molecule has 1 aliphatic carbocycles. The number of hydrogen-bond donors (Lipinski definition) is 1. The van der Waals surface area contributed by atoms with Crippen molar-refractivity contribution >= 4 is 35.4 Å². The van der Waals surface area contributed by atoms with Gasteiger partial charge in [0.05, 0.1) is 12.0 Å². The Labute approximate surface area is 105 Å². The van der Waals surface area contributed by atoms with Crippen molar-refractivity contribution in [1.29, 1.82) is 0 Å². The molecule has 2 N–H and O–H groups in total. The SMILES string of the molecule is CSC1=C(N=CN)c2ccc(Cl)cc2CC1. The van der Waals surface area contributed by atoms with E-state index in [2.05, 4.69) is 11.2 Å². The molecule has 16 heavy (non-hydrogen) atoms. The molecule has 1 aliphatic rings. The Morgan fingerprint density at radius 3 is 2.94 bits per heavy atom. The summed E-state index contributed by atoms with van der Waals surface area (Å²) in [4.78, 5) is 5.56. The van der Waals surface area contributed by atoms with Gasteiger partial charge in [-0.05, 0) is 36.8 Å². The van der Waals surface area contributed by atoms with E-state index in [9.17, 15) is 0 Å². The first-order valence-corrected chi connectivity index (χ1v) is 6.66. The molecule has 2 nitrogen and oxygen atoms in total.